The van der Waals surface area contributed by atoms with Gasteiger partial charge in [-0.2, -0.15) is 0 Å². The second-order valence-corrected chi connectivity index (χ2v) is 11.4. The van der Waals surface area contributed by atoms with Crippen LogP contribution in [0.3, 0.4) is 0 Å². The Labute approximate surface area is 221 Å². The number of nitrogens with zero attached hydrogens (tertiary/aromatic N) is 2. The van der Waals surface area contributed by atoms with Gasteiger partial charge in [0.05, 0.1) is 10.5 Å². The zero-order valence-electron chi connectivity index (χ0n) is 21.6. The van der Waals surface area contributed by atoms with E-state index in [1.54, 1.807) is 17.8 Å². The van der Waals surface area contributed by atoms with Crippen LogP contribution in [0.4, 0.5) is 0 Å². The van der Waals surface area contributed by atoms with Crippen LogP contribution in [-0.4, -0.2) is 70.0 Å². The van der Waals surface area contributed by atoms with E-state index in [2.05, 4.69) is 28.4 Å². The Morgan fingerprint density at radius 3 is 2.43 bits per heavy atom. The Morgan fingerprint density at radius 2 is 1.78 bits per heavy atom. The van der Waals surface area contributed by atoms with Gasteiger partial charge in [0, 0.05) is 67.7 Å². The first-order valence-corrected chi connectivity index (χ1v) is 14.5. The summed E-state index contributed by atoms with van der Waals surface area (Å²) in [5.41, 5.74) is 3.28. The van der Waals surface area contributed by atoms with Crippen molar-refractivity contribution in [2.24, 2.45) is 17.8 Å². The number of aromatic amines is 1. The maximum Gasteiger partial charge on any atom is 0.253 e. The number of amides is 3. The lowest BCUT2D eigenvalue weighted by molar-refractivity contribution is -0.138. The lowest BCUT2D eigenvalue weighted by atomic mass is 9.81. The Bertz CT molecular complexity index is 1210. The Kier molecular flexibility index (Phi) is 7.62. The van der Waals surface area contributed by atoms with Crippen molar-refractivity contribution >= 4 is 40.4 Å². The minimum atomic E-state index is -0.227. The van der Waals surface area contributed by atoms with Gasteiger partial charge in [0.2, 0.25) is 5.91 Å². The van der Waals surface area contributed by atoms with Crippen molar-refractivity contribution in [2.45, 2.75) is 50.6 Å². The maximum absolute atomic E-state index is 12.8. The summed E-state index contributed by atoms with van der Waals surface area (Å²) >= 11 is 1.70. The number of aromatic nitrogens is 1. The number of likely N-dealkylation sites (tertiary alicyclic amines) is 1. The van der Waals surface area contributed by atoms with Crippen molar-refractivity contribution in [1.29, 1.82) is 0 Å². The fraction of sp³-hybridized carbons (Fsp3) is 0.536. The van der Waals surface area contributed by atoms with Crippen molar-refractivity contribution in [3.05, 3.63) is 35.4 Å². The number of aryl methyl sites for hydroxylation is 1. The van der Waals surface area contributed by atoms with Gasteiger partial charge >= 0.3 is 0 Å². The number of phenols is 1. The molecule has 0 bridgehead atoms. The van der Waals surface area contributed by atoms with Crippen LogP contribution in [0, 0.1) is 17.8 Å². The predicted octanol–water partition coefficient (Wildman–Crippen LogP) is 3.44. The molecule has 1 aromatic heterocycles. The van der Waals surface area contributed by atoms with Gasteiger partial charge in [-0.1, -0.05) is 6.92 Å². The topological polar surface area (TPSA) is 106 Å². The van der Waals surface area contributed by atoms with E-state index >= 15 is 0 Å². The van der Waals surface area contributed by atoms with Gasteiger partial charge in [-0.25, -0.2) is 0 Å². The van der Waals surface area contributed by atoms with Gasteiger partial charge in [-0.05, 0) is 62.0 Å². The molecule has 3 aliphatic rings. The zero-order valence-corrected chi connectivity index (χ0v) is 22.4. The van der Waals surface area contributed by atoms with Gasteiger partial charge in [0.1, 0.15) is 5.75 Å². The summed E-state index contributed by atoms with van der Waals surface area (Å²) in [5.74, 6) is 0.694. The molecule has 0 atom stereocenters. The van der Waals surface area contributed by atoms with Crippen LogP contribution in [0.5, 0.6) is 5.75 Å². The number of hydrogen-bond donors (Lipinski definition) is 3. The number of carbonyl (C=O) groups excluding carboxylic acids is 3. The van der Waals surface area contributed by atoms with Crippen molar-refractivity contribution in [2.75, 3.05) is 32.4 Å². The fourth-order valence-corrected chi connectivity index (χ4v) is 6.76. The first-order valence-electron chi connectivity index (χ1n) is 13.3. The molecule has 1 saturated heterocycles. The predicted molar refractivity (Wildman–Crippen MR) is 144 cm³/mol. The second-order valence-electron chi connectivity index (χ2n) is 10.6. The van der Waals surface area contributed by atoms with E-state index in [4.69, 9.17) is 0 Å². The number of rotatable bonds is 9. The number of aromatic hydroxyl groups is 1. The molecule has 5 rings (SSSR count). The maximum atomic E-state index is 12.8. The average Bonchev–Trinajstić information content (AvgIpc) is 3.40. The molecule has 198 valence electrons. The molecule has 3 heterocycles. The molecule has 2 aromatic rings. The third-order valence-corrected chi connectivity index (χ3v) is 8.98. The molecule has 1 saturated carbocycles. The Hall–Kier alpha value is -2.78. The van der Waals surface area contributed by atoms with E-state index in [0.29, 0.717) is 31.3 Å². The minimum Gasteiger partial charge on any atom is -0.508 e. The monoisotopic (exact) mass is 524 g/mol. The highest BCUT2D eigenvalue weighted by Gasteiger charge is 2.33. The standard InChI is InChI=1S/C28H36N4O4S/c1-3-20-21-8-9-23(33)22(26(21)30-28(20)37-2)16-31-13-18(14-31)12-29-27(36)19-6-4-17(5-7-19)15-32-24(34)10-11-25(32)35/h8-11,17-19,30,33H,3-7,12-16H2,1-2H3,(H,29,36). The number of fused-ring (bicyclic) bond motifs is 1. The quantitative estimate of drug-likeness (QED) is 0.343. The molecule has 37 heavy (non-hydrogen) atoms. The highest BCUT2D eigenvalue weighted by atomic mass is 32.2. The smallest absolute Gasteiger partial charge is 0.253 e. The number of benzene rings is 1. The van der Waals surface area contributed by atoms with Gasteiger partial charge in [-0.15, -0.1) is 11.8 Å². The van der Waals surface area contributed by atoms with E-state index in [0.717, 1.165) is 61.3 Å². The number of carbonyl (C=O) groups is 3. The Balaban J connectivity index is 1.06. The number of imide groups is 1. The number of hydrogen-bond acceptors (Lipinski definition) is 6. The highest BCUT2D eigenvalue weighted by Crippen LogP contribution is 2.36. The highest BCUT2D eigenvalue weighted by molar-refractivity contribution is 7.98. The molecule has 8 nitrogen and oxygen atoms in total. The normalized spacial score (nSPS) is 22.7. The molecule has 9 heteroatoms. The van der Waals surface area contributed by atoms with Gasteiger partial charge in [0.15, 0.2) is 0 Å². The van der Waals surface area contributed by atoms with Crippen LogP contribution < -0.4 is 5.32 Å². The van der Waals surface area contributed by atoms with Crippen molar-refractivity contribution < 1.29 is 19.5 Å². The van der Waals surface area contributed by atoms with E-state index in [1.807, 2.05) is 6.07 Å². The van der Waals surface area contributed by atoms with Crippen LogP contribution in [0.15, 0.2) is 29.3 Å². The third-order valence-electron chi connectivity index (χ3n) is 8.22. The van der Waals surface area contributed by atoms with E-state index in [1.165, 1.54) is 28.0 Å². The Morgan fingerprint density at radius 1 is 1.08 bits per heavy atom. The molecule has 3 N–H and O–H groups in total. The number of thioether (sulfide) groups is 1. The van der Waals surface area contributed by atoms with Crippen molar-refractivity contribution in [3.63, 3.8) is 0 Å². The molecular formula is C28H36N4O4S. The molecule has 1 aliphatic carbocycles. The molecule has 3 amide bonds. The van der Waals surface area contributed by atoms with E-state index < -0.39 is 0 Å². The summed E-state index contributed by atoms with van der Waals surface area (Å²) in [5, 5.41) is 16.1. The first kappa shape index (κ1) is 25.9. The number of phenolic OH excluding ortho intramolecular Hbond substituents is 1. The third kappa shape index (κ3) is 5.29. The van der Waals surface area contributed by atoms with Gasteiger partial charge in [-0.3, -0.25) is 24.2 Å². The van der Waals surface area contributed by atoms with Crippen LogP contribution in [0.1, 0.15) is 43.7 Å². The first-order chi connectivity index (χ1) is 17.9. The molecule has 1 aromatic carbocycles. The minimum absolute atomic E-state index is 0.0105. The van der Waals surface area contributed by atoms with E-state index in [9.17, 15) is 19.5 Å². The lowest BCUT2D eigenvalue weighted by Crippen LogP contribution is -2.51. The lowest BCUT2D eigenvalue weighted by Gasteiger charge is -2.40. The number of H-pyrrole nitrogens is 1. The van der Waals surface area contributed by atoms with Gasteiger partial charge < -0.3 is 15.4 Å². The van der Waals surface area contributed by atoms with Crippen LogP contribution in [0.2, 0.25) is 0 Å². The van der Waals surface area contributed by atoms with Crippen LogP contribution in [-0.2, 0) is 27.3 Å². The summed E-state index contributed by atoms with van der Waals surface area (Å²) in [6.07, 6.45) is 8.99. The van der Waals surface area contributed by atoms with Crippen molar-refractivity contribution in [3.8, 4) is 5.75 Å². The average molecular weight is 525 g/mol. The zero-order chi connectivity index (χ0) is 26.1. The molecule has 0 radical (unpaired) electrons. The van der Waals surface area contributed by atoms with Crippen LogP contribution in [0.25, 0.3) is 10.9 Å². The summed E-state index contributed by atoms with van der Waals surface area (Å²) < 4.78 is 0. The molecular weight excluding hydrogens is 488 g/mol. The number of nitrogens with one attached hydrogen (secondary N) is 2. The summed E-state index contributed by atoms with van der Waals surface area (Å²) in [4.78, 5) is 43.5. The summed E-state index contributed by atoms with van der Waals surface area (Å²) in [7, 11) is 0. The van der Waals surface area contributed by atoms with Gasteiger partial charge in [0.25, 0.3) is 11.8 Å². The molecule has 0 spiro atoms. The van der Waals surface area contributed by atoms with Crippen LogP contribution >= 0.6 is 11.8 Å². The molecule has 2 aliphatic heterocycles. The molecule has 2 fully saturated rings. The largest absolute Gasteiger partial charge is 0.508 e. The summed E-state index contributed by atoms with van der Waals surface area (Å²) in [6.45, 7) is 5.77. The van der Waals surface area contributed by atoms with Crippen molar-refractivity contribution in [1.82, 2.24) is 20.1 Å². The fourth-order valence-electron chi connectivity index (χ4n) is 6.05. The summed E-state index contributed by atoms with van der Waals surface area (Å²) in [6, 6.07) is 3.81. The SMILES string of the molecule is CCc1c(SC)[nH]c2c(CN3CC(CNC(=O)C4CCC(CN5C(=O)C=CC5=O)CC4)C3)c(O)ccc12. The van der Waals surface area contributed by atoms with E-state index in [-0.39, 0.29) is 29.6 Å². The molecule has 0 unspecified atom stereocenters. The second kappa shape index (κ2) is 10.9.